The number of nitrogens with one attached hydrogen (secondary N) is 1. The Bertz CT molecular complexity index is 504. The molecule has 0 fully saturated rings. The lowest BCUT2D eigenvalue weighted by atomic mass is 10.3. The molecular weight excluding hydrogens is 334 g/mol. The first-order valence-electron chi connectivity index (χ1n) is 5.92. The number of halogens is 1. The van der Waals surface area contributed by atoms with Crippen molar-refractivity contribution in [3.63, 3.8) is 0 Å². The fraction of sp³-hybridized carbons (Fsp3) is 0.500. The molecule has 0 aromatic heterocycles. The fourth-order valence-corrected chi connectivity index (χ4v) is 2.72. The lowest BCUT2D eigenvalue weighted by molar-refractivity contribution is 0.204. The van der Waals surface area contributed by atoms with Crippen LogP contribution >= 0.6 is 15.9 Å². The molecule has 0 radical (unpaired) electrons. The molecule has 5 nitrogen and oxygen atoms in total. The highest BCUT2D eigenvalue weighted by Crippen LogP contribution is 2.28. The molecule has 19 heavy (non-hydrogen) atoms. The maximum atomic E-state index is 12.0. The average molecular weight is 352 g/mol. The first-order chi connectivity index (χ1) is 9.01. The molecule has 7 heteroatoms. The van der Waals surface area contributed by atoms with Crippen molar-refractivity contribution < 1.29 is 17.9 Å². The molecule has 1 aromatic carbocycles. The Morgan fingerprint density at radius 1 is 1.32 bits per heavy atom. The third kappa shape index (κ3) is 5.10. The van der Waals surface area contributed by atoms with Crippen molar-refractivity contribution in [1.82, 2.24) is 4.72 Å². The molecule has 0 bridgehead atoms. The largest absolute Gasteiger partial charge is 0.492 e. The summed E-state index contributed by atoms with van der Waals surface area (Å²) in [6.45, 7) is 3.09. The van der Waals surface area contributed by atoms with Gasteiger partial charge in [-0.1, -0.05) is 6.92 Å². The monoisotopic (exact) mass is 351 g/mol. The minimum atomic E-state index is -3.53. The molecule has 0 aliphatic heterocycles. The van der Waals surface area contributed by atoms with E-state index < -0.39 is 10.0 Å². The van der Waals surface area contributed by atoms with Gasteiger partial charge in [-0.05, 0) is 34.5 Å². The minimum Gasteiger partial charge on any atom is -0.492 e. The van der Waals surface area contributed by atoms with Gasteiger partial charge in [0.25, 0.3) is 0 Å². The second-order valence-corrected chi connectivity index (χ2v) is 6.45. The van der Waals surface area contributed by atoms with Crippen LogP contribution in [0.4, 0.5) is 0 Å². The smallest absolute Gasteiger partial charge is 0.240 e. The van der Waals surface area contributed by atoms with E-state index in [1.54, 1.807) is 6.07 Å². The summed E-state index contributed by atoms with van der Waals surface area (Å²) in [6, 6.07) is 4.70. The first kappa shape index (κ1) is 16.4. The number of benzene rings is 1. The molecule has 0 unspecified atom stereocenters. The summed E-state index contributed by atoms with van der Waals surface area (Å²) in [5.41, 5.74) is 0. The van der Waals surface area contributed by atoms with E-state index >= 15 is 0 Å². The number of methoxy groups -OCH3 is 1. The highest BCUT2D eigenvalue weighted by atomic mass is 79.9. The summed E-state index contributed by atoms with van der Waals surface area (Å²) in [5.74, 6) is 0.525. The zero-order valence-electron chi connectivity index (χ0n) is 11.0. The maximum absolute atomic E-state index is 12.0. The molecule has 108 valence electrons. The van der Waals surface area contributed by atoms with Crippen LogP contribution in [0.5, 0.6) is 5.75 Å². The van der Waals surface area contributed by atoms with Gasteiger partial charge in [-0.3, -0.25) is 0 Å². The van der Waals surface area contributed by atoms with Crippen molar-refractivity contribution in [2.45, 2.75) is 18.2 Å². The Balaban J connectivity index is 2.88. The second-order valence-electron chi connectivity index (χ2n) is 3.83. The van der Waals surface area contributed by atoms with Crippen LogP contribution in [0.15, 0.2) is 27.6 Å². The Labute approximate surface area is 122 Å². The van der Waals surface area contributed by atoms with Crippen LogP contribution in [0.2, 0.25) is 0 Å². The molecule has 0 aliphatic rings. The maximum Gasteiger partial charge on any atom is 0.240 e. The van der Waals surface area contributed by atoms with E-state index in [0.717, 1.165) is 10.9 Å². The third-order valence-corrected chi connectivity index (χ3v) is 4.39. The molecule has 1 N–H and O–H groups in total. The summed E-state index contributed by atoms with van der Waals surface area (Å²) >= 11 is 3.33. The van der Waals surface area contributed by atoms with E-state index in [1.807, 2.05) is 6.92 Å². The molecule has 0 aliphatic carbocycles. The van der Waals surface area contributed by atoms with Gasteiger partial charge in [0.15, 0.2) is 0 Å². The SMILES string of the molecule is CCCOc1cc(S(=O)(=O)NCCOC)ccc1Br. The predicted octanol–water partition coefficient (Wildman–Crippen LogP) is 2.16. The molecule has 1 rings (SSSR count). The first-order valence-corrected chi connectivity index (χ1v) is 8.20. The van der Waals surface area contributed by atoms with E-state index in [2.05, 4.69) is 20.7 Å². The Morgan fingerprint density at radius 2 is 2.05 bits per heavy atom. The highest BCUT2D eigenvalue weighted by Gasteiger charge is 2.15. The summed E-state index contributed by atoms with van der Waals surface area (Å²) in [4.78, 5) is 0.179. The summed E-state index contributed by atoms with van der Waals surface area (Å²) in [5, 5.41) is 0. The molecule has 0 atom stereocenters. The zero-order valence-corrected chi connectivity index (χ0v) is 13.4. The van der Waals surface area contributed by atoms with E-state index in [0.29, 0.717) is 19.0 Å². The highest BCUT2D eigenvalue weighted by molar-refractivity contribution is 9.10. The average Bonchev–Trinajstić information content (AvgIpc) is 2.37. The zero-order chi connectivity index (χ0) is 14.3. The van der Waals surface area contributed by atoms with Gasteiger partial charge in [-0.2, -0.15) is 0 Å². The molecular formula is C12H18BrNO4S. The van der Waals surface area contributed by atoms with Crippen LogP contribution in [-0.4, -0.2) is 35.3 Å². The van der Waals surface area contributed by atoms with Gasteiger partial charge in [0.1, 0.15) is 5.75 Å². The van der Waals surface area contributed by atoms with Crippen molar-refractivity contribution in [1.29, 1.82) is 0 Å². The minimum absolute atomic E-state index is 0.179. The predicted molar refractivity (Wildman–Crippen MR) is 77.0 cm³/mol. The van der Waals surface area contributed by atoms with E-state index in [4.69, 9.17) is 9.47 Å². The van der Waals surface area contributed by atoms with Crippen LogP contribution in [0.25, 0.3) is 0 Å². The van der Waals surface area contributed by atoms with Crippen molar-refractivity contribution >= 4 is 26.0 Å². The van der Waals surface area contributed by atoms with Crippen LogP contribution in [-0.2, 0) is 14.8 Å². The van der Waals surface area contributed by atoms with Crippen LogP contribution in [0.3, 0.4) is 0 Å². The van der Waals surface area contributed by atoms with Gasteiger partial charge < -0.3 is 9.47 Å². The summed E-state index contributed by atoms with van der Waals surface area (Å²) in [6.07, 6.45) is 0.857. The topological polar surface area (TPSA) is 64.6 Å². The van der Waals surface area contributed by atoms with Crippen LogP contribution in [0, 0.1) is 0 Å². The van der Waals surface area contributed by atoms with E-state index in [1.165, 1.54) is 19.2 Å². The number of rotatable bonds is 8. The van der Waals surface area contributed by atoms with Crippen molar-refractivity contribution in [2.75, 3.05) is 26.9 Å². The Kier molecular flexibility index (Phi) is 6.78. The Hall–Kier alpha value is -0.630. The number of ether oxygens (including phenoxy) is 2. The lowest BCUT2D eigenvalue weighted by Crippen LogP contribution is -2.27. The van der Waals surface area contributed by atoms with Gasteiger partial charge >= 0.3 is 0 Å². The lowest BCUT2D eigenvalue weighted by Gasteiger charge is -2.10. The standard InChI is InChI=1S/C12H18BrNO4S/c1-3-7-18-12-9-10(4-5-11(12)13)19(15,16)14-6-8-17-2/h4-5,9,14H,3,6-8H2,1-2H3. The van der Waals surface area contributed by atoms with Crippen LogP contribution < -0.4 is 9.46 Å². The van der Waals surface area contributed by atoms with Crippen LogP contribution in [0.1, 0.15) is 13.3 Å². The van der Waals surface area contributed by atoms with Gasteiger partial charge in [0.05, 0.1) is 22.6 Å². The fourth-order valence-electron chi connectivity index (χ4n) is 1.33. The molecule has 0 amide bonds. The number of sulfonamides is 1. The van der Waals surface area contributed by atoms with Crippen molar-refractivity contribution in [3.05, 3.63) is 22.7 Å². The third-order valence-electron chi connectivity index (χ3n) is 2.27. The van der Waals surface area contributed by atoms with Gasteiger partial charge in [-0.15, -0.1) is 0 Å². The van der Waals surface area contributed by atoms with E-state index in [9.17, 15) is 8.42 Å². The molecule has 0 heterocycles. The summed E-state index contributed by atoms with van der Waals surface area (Å²) in [7, 11) is -2.01. The Morgan fingerprint density at radius 3 is 2.68 bits per heavy atom. The van der Waals surface area contributed by atoms with Gasteiger partial charge in [-0.25, -0.2) is 13.1 Å². The van der Waals surface area contributed by atoms with Crippen molar-refractivity contribution in [2.24, 2.45) is 0 Å². The molecule has 1 aromatic rings. The number of hydrogen-bond donors (Lipinski definition) is 1. The normalized spacial score (nSPS) is 11.5. The quantitative estimate of drug-likeness (QED) is 0.729. The molecule has 0 saturated heterocycles. The van der Waals surface area contributed by atoms with Gasteiger partial charge in [0.2, 0.25) is 10.0 Å². The van der Waals surface area contributed by atoms with E-state index in [-0.39, 0.29) is 11.4 Å². The van der Waals surface area contributed by atoms with Crippen molar-refractivity contribution in [3.8, 4) is 5.75 Å². The second kappa shape index (κ2) is 7.84. The number of hydrogen-bond acceptors (Lipinski definition) is 4. The molecule has 0 spiro atoms. The summed E-state index contributed by atoms with van der Waals surface area (Å²) < 4.78 is 37.5. The molecule has 0 saturated carbocycles. The van der Waals surface area contributed by atoms with Gasteiger partial charge in [0, 0.05) is 19.7 Å².